The molecule has 4 rings (SSSR count). The minimum Gasteiger partial charge on any atom is -0.394 e. The van der Waals surface area contributed by atoms with E-state index in [1.807, 2.05) is 44.2 Å². The lowest BCUT2D eigenvalue weighted by molar-refractivity contribution is -0.157. The van der Waals surface area contributed by atoms with Gasteiger partial charge in [-0.1, -0.05) is 76.1 Å². The van der Waals surface area contributed by atoms with Crippen molar-refractivity contribution >= 4 is 17.7 Å². The fraction of sp³-hybridized carbons (Fsp3) is 0.629. The lowest BCUT2D eigenvalue weighted by Gasteiger charge is -2.39. The number of fused-ring (bicyclic) bond motifs is 1. The molecule has 3 saturated heterocycles. The summed E-state index contributed by atoms with van der Waals surface area (Å²) in [6.45, 7) is 17.4. The lowest BCUT2D eigenvalue weighted by Crippen LogP contribution is -2.59. The molecule has 3 heterocycles. The summed E-state index contributed by atoms with van der Waals surface area (Å²) < 4.78 is 6.97. The van der Waals surface area contributed by atoms with Gasteiger partial charge in [0.15, 0.2) is 0 Å². The normalized spacial score (nSPS) is 29.8. The van der Waals surface area contributed by atoms with Gasteiger partial charge < -0.3 is 24.5 Å². The van der Waals surface area contributed by atoms with Gasteiger partial charge in [0, 0.05) is 26.2 Å². The minimum absolute atomic E-state index is 0.0531. The first-order valence-electron chi connectivity index (χ1n) is 16.1. The number of likely N-dealkylation sites (tertiary alicyclic amines) is 1. The molecule has 8 nitrogen and oxygen atoms in total. The van der Waals surface area contributed by atoms with Gasteiger partial charge in [-0.2, -0.15) is 0 Å². The molecule has 3 unspecified atom stereocenters. The summed E-state index contributed by atoms with van der Waals surface area (Å²) in [7, 11) is 0. The molecule has 8 heteroatoms. The van der Waals surface area contributed by atoms with E-state index in [0.29, 0.717) is 39.0 Å². The van der Waals surface area contributed by atoms with Crippen LogP contribution in [0.2, 0.25) is 0 Å². The number of hydrogen-bond acceptors (Lipinski definition) is 5. The van der Waals surface area contributed by atoms with Gasteiger partial charge in [0.05, 0.1) is 30.1 Å². The van der Waals surface area contributed by atoms with Crippen LogP contribution < -0.4 is 0 Å². The Balaban J connectivity index is 1.83. The van der Waals surface area contributed by atoms with Crippen LogP contribution in [-0.2, 0) is 25.5 Å². The largest absolute Gasteiger partial charge is 0.394 e. The van der Waals surface area contributed by atoms with Crippen LogP contribution in [0, 0.1) is 17.8 Å². The van der Waals surface area contributed by atoms with Gasteiger partial charge in [0.1, 0.15) is 11.6 Å². The Morgan fingerprint density at radius 3 is 2.30 bits per heavy atom. The zero-order chi connectivity index (χ0) is 31.4. The minimum atomic E-state index is -1.16. The molecule has 3 amide bonds. The van der Waals surface area contributed by atoms with Crippen LogP contribution in [0.25, 0.3) is 0 Å². The number of aliphatic hydroxyl groups excluding tert-OH is 1. The highest BCUT2D eigenvalue weighted by atomic mass is 16.5. The summed E-state index contributed by atoms with van der Waals surface area (Å²) in [5.41, 5.74) is -1.10. The highest BCUT2D eigenvalue weighted by molar-refractivity contribution is 5.99. The second kappa shape index (κ2) is 13.8. The number of nitrogens with zero attached hydrogens (tertiary/aromatic N) is 3. The van der Waals surface area contributed by atoms with E-state index in [1.165, 1.54) is 0 Å². The van der Waals surface area contributed by atoms with E-state index in [4.69, 9.17) is 4.74 Å². The molecule has 7 atom stereocenters. The van der Waals surface area contributed by atoms with E-state index in [0.717, 1.165) is 31.2 Å². The van der Waals surface area contributed by atoms with Gasteiger partial charge in [0.25, 0.3) is 0 Å². The second-order valence-electron chi connectivity index (χ2n) is 12.8. The molecule has 1 aromatic rings. The molecule has 3 fully saturated rings. The van der Waals surface area contributed by atoms with Crippen molar-refractivity contribution in [1.82, 2.24) is 14.7 Å². The smallest absolute Gasteiger partial charge is 0.248 e. The van der Waals surface area contributed by atoms with Crippen molar-refractivity contribution in [3.8, 4) is 0 Å². The van der Waals surface area contributed by atoms with Crippen molar-refractivity contribution < 1.29 is 24.2 Å². The van der Waals surface area contributed by atoms with Crippen LogP contribution in [0.3, 0.4) is 0 Å². The predicted molar refractivity (Wildman–Crippen MR) is 168 cm³/mol. The summed E-state index contributed by atoms with van der Waals surface area (Å²) in [5.74, 6) is -2.20. The van der Waals surface area contributed by atoms with Crippen LogP contribution in [-0.4, -0.2) is 93.6 Å². The van der Waals surface area contributed by atoms with E-state index < -0.39 is 35.1 Å². The Labute approximate surface area is 257 Å². The summed E-state index contributed by atoms with van der Waals surface area (Å²) in [5, 5.41) is 10.8. The monoisotopic (exact) mass is 593 g/mol. The first-order chi connectivity index (χ1) is 20.6. The zero-order valence-corrected chi connectivity index (χ0v) is 26.5. The highest BCUT2D eigenvalue weighted by Crippen LogP contribution is 2.65. The zero-order valence-electron chi connectivity index (χ0n) is 26.5. The Kier molecular flexibility index (Phi) is 10.5. The predicted octanol–water partition coefficient (Wildman–Crippen LogP) is 4.23. The highest BCUT2D eigenvalue weighted by Gasteiger charge is 2.80. The molecule has 0 saturated carbocycles. The van der Waals surface area contributed by atoms with Crippen LogP contribution >= 0.6 is 0 Å². The first-order valence-corrected chi connectivity index (χ1v) is 16.1. The van der Waals surface area contributed by atoms with E-state index in [2.05, 4.69) is 27.0 Å². The molecule has 236 valence electrons. The van der Waals surface area contributed by atoms with E-state index in [-0.39, 0.29) is 30.2 Å². The van der Waals surface area contributed by atoms with Crippen LogP contribution in [0.15, 0.2) is 55.6 Å². The van der Waals surface area contributed by atoms with Crippen molar-refractivity contribution in [1.29, 1.82) is 0 Å². The summed E-state index contributed by atoms with van der Waals surface area (Å²) in [6, 6.07) is 8.10. The summed E-state index contributed by atoms with van der Waals surface area (Å²) in [4.78, 5) is 49.0. The third kappa shape index (κ3) is 5.80. The molecule has 0 radical (unpaired) electrons. The molecule has 2 bridgehead atoms. The van der Waals surface area contributed by atoms with Gasteiger partial charge in [0.2, 0.25) is 17.7 Å². The van der Waals surface area contributed by atoms with Crippen molar-refractivity contribution in [3.63, 3.8) is 0 Å². The van der Waals surface area contributed by atoms with Gasteiger partial charge in [-0.3, -0.25) is 14.4 Å². The number of hydrogen-bond donors (Lipinski definition) is 1. The average molecular weight is 594 g/mol. The maximum atomic E-state index is 14.8. The second-order valence-corrected chi connectivity index (χ2v) is 12.8. The molecule has 1 spiro atoms. The Bertz CT molecular complexity index is 1170. The topological polar surface area (TPSA) is 90.4 Å². The maximum Gasteiger partial charge on any atom is 0.248 e. The van der Waals surface area contributed by atoms with Crippen molar-refractivity contribution in [3.05, 3.63) is 61.2 Å². The van der Waals surface area contributed by atoms with E-state index in [1.54, 1.807) is 26.9 Å². The van der Waals surface area contributed by atoms with Crippen LogP contribution in [0.4, 0.5) is 0 Å². The van der Waals surface area contributed by atoms with Crippen molar-refractivity contribution in [2.75, 3.05) is 32.8 Å². The van der Waals surface area contributed by atoms with Crippen LogP contribution in [0.5, 0.6) is 0 Å². The maximum absolute atomic E-state index is 14.8. The number of ether oxygens (including phenoxy) is 1. The molecule has 0 aromatic heterocycles. The Morgan fingerprint density at radius 1 is 1.07 bits per heavy atom. The van der Waals surface area contributed by atoms with Crippen LogP contribution in [0.1, 0.15) is 65.4 Å². The van der Waals surface area contributed by atoms with Gasteiger partial charge >= 0.3 is 0 Å². The fourth-order valence-corrected chi connectivity index (χ4v) is 7.95. The molecule has 1 aromatic carbocycles. The molecular formula is C35H51N3O5. The van der Waals surface area contributed by atoms with Gasteiger partial charge in [-0.15, -0.1) is 13.2 Å². The molecule has 3 aliphatic rings. The Hall–Kier alpha value is -2.97. The molecule has 3 aliphatic heterocycles. The van der Waals surface area contributed by atoms with E-state index >= 15 is 0 Å². The van der Waals surface area contributed by atoms with Crippen molar-refractivity contribution in [2.24, 2.45) is 17.8 Å². The third-order valence-corrected chi connectivity index (χ3v) is 10.0. The summed E-state index contributed by atoms with van der Waals surface area (Å²) in [6.07, 6.45) is 7.91. The molecule has 43 heavy (non-hydrogen) atoms. The average Bonchev–Trinajstić information content (AvgIpc) is 3.51. The lowest BCUT2D eigenvalue weighted by atomic mass is 9.62. The third-order valence-electron chi connectivity index (χ3n) is 10.0. The molecular weight excluding hydrogens is 542 g/mol. The van der Waals surface area contributed by atoms with E-state index in [9.17, 15) is 19.5 Å². The molecule has 0 aliphatic carbocycles. The number of benzene rings is 1. The Morgan fingerprint density at radius 2 is 1.72 bits per heavy atom. The van der Waals surface area contributed by atoms with Crippen molar-refractivity contribution in [2.45, 2.75) is 89.5 Å². The summed E-state index contributed by atoms with van der Waals surface area (Å²) >= 11 is 0. The SMILES string of the molecule is C=CCN(CCCCC)C(=O)C1N([C@@H](CO)Cc2ccccc2)C(=O)[C@@H]2[C@H](C(=O)N(CC=C)CCC)[C@@]3(C)OC12CC3C. The molecule has 1 N–H and O–H groups in total. The number of unbranched alkanes of at least 4 members (excludes halogenated alkanes) is 2. The van der Waals surface area contributed by atoms with Gasteiger partial charge in [-0.05, 0) is 44.1 Å². The van der Waals surface area contributed by atoms with Gasteiger partial charge in [-0.25, -0.2) is 0 Å². The first kappa shape index (κ1) is 32.9. The quantitative estimate of drug-likeness (QED) is 0.229. The number of carbonyl (C=O) groups excluding carboxylic acids is 3. The number of carbonyl (C=O) groups is 3. The number of amides is 3. The standard InChI is InChI=1S/C35H51N3O5/c1-7-11-15-21-37(20-10-4)33(42)30-35-23-25(5)34(6,43-35)28(31(40)36(18-8-2)19-9-3)29(35)32(41)38(30)27(24-39)22-26-16-13-12-14-17-26/h8,10,12-14,16-17,25,27-30,39H,2,4,7,9,11,15,18-24H2,1,3,5-6H3/t25?,27-,28-,29+,30?,34+,35?/m1/s1. The number of aliphatic hydroxyl groups is 1. The fourth-order valence-electron chi connectivity index (χ4n) is 7.95. The number of rotatable bonds is 16.